The van der Waals surface area contributed by atoms with Gasteiger partial charge in [-0.3, -0.25) is 14.6 Å². The molecule has 6 nitrogen and oxygen atoms in total. The molecule has 2 aromatic carbocycles. The van der Waals surface area contributed by atoms with Gasteiger partial charge in [-0.15, -0.1) is 0 Å². The third-order valence-corrected chi connectivity index (χ3v) is 6.37. The van der Waals surface area contributed by atoms with E-state index in [2.05, 4.69) is 13.8 Å². The van der Waals surface area contributed by atoms with E-state index >= 15 is 0 Å². The van der Waals surface area contributed by atoms with Gasteiger partial charge in [-0.2, -0.15) is 0 Å². The molecule has 6 heteroatoms. The number of methoxy groups -OCH3 is 1. The third-order valence-electron chi connectivity index (χ3n) is 6.37. The Balaban J connectivity index is 1.63. The summed E-state index contributed by atoms with van der Waals surface area (Å²) in [6.07, 6.45) is 1.10. The minimum atomic E-state index is -0.711. The summed E-state index contributed by atoms with van der Waals surface area (Å²) in [4.78, 5) is 31.5. The molecule has 0 bridgehead atoms. The van der Waals surface area contributed by atoms with Crippen LogP contribution in [0, 0.1) is 11.3 Å². The van der Waals surface area contributed by atoms with Gasteiger partial charge >= 0.3 is 5.97 Å². The van der Waals surface area contributed by atoms with Crippen molar-refractivity contribution in [3.63, 3.8) is 0 Å². The minimum Gasteiger partial charge on any atom is -0.496 e. The minimum absolute atomic E-state index is 0.0311. The summed E-state index contributed by atoms with van der Waals surface area (Å²) in [5.41, 5.74) is 2.65. The SMILES string of the molecule is COc1ccccc1[C@@H]1C2=C(CC(C)(C)CC2=O)N=C(C)C1C(=O)OCCOc1ccccc1. The van der Waals surface area contributed by atoms with E-state index in [0.29, 0.717) is 35.6 Å². The smallest absolute Gasteiger partial charge is 0.315 e. The molecule has 4 rings (SSSR count). The lowest BCUT2D eigenvalue weighted by Gasteiger charge is -2.39. The lowest BCUT2D eigenvalue weighted by atomic mass is 9.66. The van der Waals surface area contributed by atoms with Gasteiger partial charge in [-0.1, -0.05) is 50.2 Å². The summed E-state index contributed by atoms with van der Waals surface area (Å²) in [6.45, 7) is 6.32. The molecule has 2 aromatic rings. The van der Waals surface area contributed by atoms with Gasteiger partial charge in [-0.25, -0.2) is 0 Å². The van der Waals surface area contributed by atoms with E-state index in [1.54, 1.807) is 7.11 Å². The van der Waals surface area contributed by atoms with Crippen LogP contribution in [-0.2, 0) is 14.3 Å². The van der Waals surface area contributed by atoms with Gasteiger partial charge in [0.2, 0.25) is 0 Å². The first kappa shape index (κ1) is 23.7. The third kappa shape index (κ3) is 4.91. The molecule has 178 valence electrons. The van der Waals surface area contributed by atoms with Crippen molar-refractivity contribution < 1.29 is 23.8 Å². The van der Waals surface area contributed by atoms with Crippen LogP contribution in [0.15, 0.2) is 70.9 Å². The highest BCUT2D eigenvalue weighted by Crippen LogP contribution is 2.49. The van der Waals surface area contributed by atoms with Gasteiger partial charge < -0.3 is 14.2 Å². The first-order valence-corrected chi connectivity index (χ1v) is 11.6. The fraction of sp³-hybridized carbons (Fsp3) is 0.393. The molecule has 0 N–H and O–H groups in total. The molecule has 2 aliphatic rings. The number of rotatable bonds is 7. The number of carbonyl (C=O) groups excluding carboxylic acids is 2. The summed E-state index contributed by atoms with van der Waals surface area (Å²) in [7, 11) is 1.60. The topological polar surface area (TPSA) is 74.2 Å². The van der Waals surface area contributed by atoms with Crippen molar-refractivity contribution in [2.75, 3.05) is 20.3 Å². The van der Waals surface area contributed by atoms with E-state index in [9.17, 15) is 9.59 Å². The molecule has 1 aliphatic heterocycles. The largest absolute Gasteiger partial charge is 0.496 e. The van der Waals surface area contributed by atoms with Crippen molar-refractivity contribution in [3.05, 3.63) is 71.4 Å². The number of carbonyl (C=O) groups is 2. The molecular weight excluding hydrogens is 430 g/mol. The summed E-state index contributed by atoms with van der Waals surface area (Å²) in [6, 6.07) is 16.9. The number of nitrogens with zero attached hydrogens (tertiary/aromatic N) is 1. The summed E-state index contributed by atoms with van der Waals surface area (Å²) in [5.74, 6) is -0.253. The number of Topliss-reactive ketones (excluding diaryl/α,β-unsaturated/α-hetero) is 1. The zero-order chi connectivity index (χ0) is 24.3. The van der Waals surface area contributed by atoms with Crippen LogP contribution < -0.4 is 9.47 Å². The van der Waals surface area contributed by atoms with Crippen molar-refractivity contribution in [1.29, 1.82) is 0 Å². The first-order chi connectivity index (χ1) is 16.3. The maximum atomic E-state index is 13.4. The average Bonchev–Trinajstić information content (AvgIpc) is 2.80. The van der Waals surface area contributed by atoms with Crippen molar-refractivity contribution in [2.45, 2.75) is 39.5 Å². The Morgan fingerprint density at radius 1 is 1.03 bits per heavy atom. The molecule has 1 unspecified atom stereocenters. The number of ketones is 1. The summed E-state index contributed by atoms with van der Waals surface area (Å²) in [5, 5.41) is 0. The number of benzene rings is 2. The molecule has 0 radical (unpaired) electrons. The molecule has 34 heavy (non-hydrogen) atoms. The van der Waals surface area contributed by atoms with E-state index in [0.717, 1.165) is 11.3 Å². The van der Waals surface area contributed by atoms with Crippen LogP contribution in [0.25, 0.3) is 0 Å². The Kier molecular flexibility index (Phi) is 6.87. The van der Waals surface area contributed by atoms with Gasteiger partial charge in [0.15, 0.2) is 5.78 Å². The monoisotopic (exact) mass is 461 g/mol. The Hall–Kier alpha value is -3.41. The molecule has 2 atom stereocenters. The fourth-order valence-electron chi connectivity index (χ4n) is 4.92. The molecule has 0 saturated carbocycles. The Morgan fingerprint density at radius 2 is 1.74 bits per heavy atom. The summed E-state index contributed by atoms with van der Waals surface area (Å²) < 4.78 is 16.9. The van der Waals surface area contributed by atoms with E-state index in [1.165, 1.54) is 0 Å². The zero-order valence-electron chi connectivity index (χ0n) is 20.2. The quantitative estimate of drug-likeness (QED) is 0.422. The normalized spacial score (nSPS) is 21.4. The van der Waals surface area contributed by atoms with Gasteiger partial charge in [0.1, 0.15) is 30.6 Å². The van der Waals surface area contributed by atoms with Gasteiger partial charge in [0.25, 0.3) is 0 Å². The van der Waals surface area contributed by atoms with Crippen molar-refractivity contribution in [3.8, 4) is 11.5 Å². The molecule has 0 spiro atoms. The molecule has 0 aromatic heterocycles. The number of aliphatic imine (C=N–C) groups is 1. The number of ether oxygens (including phenoxy) is 3. The van der Waals surface area contributed by atoms with E-state index < -0.39 is 17.8 Å². The predicted octanol–water partition coefficient (Wildman–Crippen LogP) is 5.13. The summed E-state index contributed by atoms with van der Waals surface area (Å²) >= 11 is 0. The second-order valence-corrected chi connectivity index (χ2v) is 9.58. The number of allylic oxidation sites excluding steroid dienone is 2. The molecule has 0 fully saturated rings. The molecule has 0 amide bonds. The standard InChI is InChI=1S/C28H31NO5/c1-18-24(27(31)34-15-14-33-19-10-6-5-7-11-19)25(20-12-8-9-13-23(20)32-4)26-21(29-18)16-28(2,3)17-22(26)30/h5-13,24-25H,14-17H2,1-4H3/t24?,25-/m0/s1. The molecule has 1 heterocycles. The molecule has 1 aliphatic carbocycles. The van der Waals surface area contributed by atoms with Crippen LogP contribution >= 0.6 is 0 Å². The number of hydrogen-bond acceptors (Lipinski definition) is 6. The van der Waals surface area contributed by atoms with Crippen LogP contribution in [0.5, 0.6) is 11.5 Å². The van der Waals surface area contributed by atoms with Crippen molar-refractivity contribution in [2.24, 2.45) is 16.3 Å². The highest BCUT2D eigenvalue weighted by atomic mass is 16.6. The molecule has 0 saturated heterocycles. The second kappa shape index (κ2) is 9.84. The van der Waals surface area contributed by atoms with Gasteiger partial charge in [0, 0.05) is 34.9 Å². The second-order valence-electron chi connectivity index (χ2n) is 9.58. The van der Waals surface area contributed by atoms with Gasteiger partial charge in [0.05, 0.1) is 7.11 Å². The van der Waals surface area contributed by atoms with Crippen LogP contribution in [-0.4, -0.2) is 37.8 Å². The van der Waals surface area contributed by atoms with Crippen LogP contribution in [0.3, 0.4) is 0 Å². The number of hydrogen-bond donors (Lipinski definition) is 0. The zero-order valence-corrected chi connectivity index (χ0v) is 20.2. The maximum Gasteiger partial charge on any atom is 0.315 e. The first-order valence-electron chi connectivity index (χ1n) is 11.6. The Bertz CT molecular complexity index is 1130. The van der Waals surface area contributed by atoms with Crippen molar-refractivity contribution >= 4 is 17.5 Å². The highest BCUT2D eigenvalue weighted by molar-refractivity contribution is 6.09. The number of esters is 1. The predicted molar refractivity (Wildman–Crippen MR) is 130 cm³/mol. The van der Waals surface area contributed by atoms with Gasteiger partial charge in [-0.05, 0) is 37.0 Å². The van der Waals surface area contributed by atoms with E-state index in [-0.39, 0.29) is 24.4 Å². The van der Waals surface area contributed by atoms with Crippen LogP contribution in [0.4, 0.5) is 0 Å². The van der Waals surface area contributed by atoms with Crippen LogP contribution in [0.1, 0.15) is 45.1 Å². The number of para-hydroxylation sites is 2. The molecular formula is C28H31NO5. The fourth-order valence-corrected chi connectivity index (χ4v) is 4.92. The average molecular weight is 462 g/mol. The van der Waals surface area contributed by atoms with Crippen LogP contribution in [0.2, 0.25) is 0 Å². The maximum absolute atomic E-state index is 13.4. The Labute approximate surface area is 200 Å². The Morgan fingerprint density at radius 3 is 2.47 bits per heavy atom. The van der Waals surface area contributed by atoms with E-state index in [1.807, 2.05) is 61.5 Å². The lowest BCUT2D eigenvalue weighted by Crippen LogP contribution is -2.40. The lowest BCUT2D eigenvalue weighted by molar-refractivity contribution is -0.147. The highest BCUT2D eigenvalue weighted by Gasteiger charge is 2.46. The van der Waals surface area contributed by atoms with Crippen molar-refractivity contribution in [1.82, 2.24) is 0 Å². The van der Waals surface area contributed by atoms with E-state index in [4.69, 9.17) is 19.2 Å².